The van der Waals surface area contributed by atoms with Crippen LogP contribution in [0.2, 0.25) is 0 Å². The van der Waals surface area contributed by atoms with E-state index in [1.54, 1.807) is 0 Å². The Kier molecular flexibility index (Phi) is 6.34. The summed E-state index contributed by atoms with van der Waals surface area (Å²) in [6, 6.07) is 9.07. The van der Waals surface area contributed by atoms with Gasteiger partial charge in [0.15, 0.2) is 0 Å². The second kappa shape index (κ2) is 9.17. The molecule has 0 spiro atoms. The Morgan fingerprint density at radius 1 is 0.784 bits per heavy atom. The van der Waals surface area contributed by atoms with Crippen molar-refractivity contribution in [3.63, 3.8) is 0 Å². The normalized spacial score (nSPS) is 15.6. The number of hydrogen-bond donors (Lipinski definition) is 5. The average Bonchev–Trinajstić information content (AvgIpc) is 3.28. The number of benzene rings is 2. The van der Waals surface area contributed by atoms with Crippen molar-refractivity contribution in [2.24, 2.45) is 0 Å². The van der Waals surface area contributed by atoms with E-state index in [-0.39, 0.29) is 27.4 Å². The van der Waals surface area contributed by atoms with Crippen LogP contribution in [0.3, 0.4) is 0 Å². The van der Waals surface area contributed by atoms with Crippen molar-refractivity contribution < 1.29 is 40.6 Å². The second-order valence-corrected chi connectivity index (χ2v) is 10.3. The first kappa shape index (κ1) is 25.6. The van der Waals surface area contributed by atoms with E-state index in [0.717, 1.165) is 46.1 Å². The Labute approximate surface area is 208 Å². The molecule has 3 aromatic rings. The summed E-state index contributed by atoms with van der Waals surface area (Å²) in [5.41, 5.74) is 1.27. The molecule has 2 heterocycles. The quantitative estimate of drug-likeness (QED) is 0.162. The summed E-state index contributed by atoms with van der Waals surface area (Å²) < 4.78 is 63.7. The predicted molar refractivity (Wildman–Crippen MR) is 127 cm³/mol. The van der Waals surface area contributed by atoms with Crippen LogP contribution in [0.4, 0.5) is 5.69 Å². The number of aromatic nitrogens is 2. The molecule has 0 atom stereocenters. The maximum atomic E-state index is 12.7. The summed E-state index contributed by atoms with van der Waals surface area (Å²) in [6.07, 6.45) is 3.41. The molecule has 0 unspecified atom stereocenters. The number of amides is 2. The summed E-state index contributed by atoms with van der Waals surface area (Å²) in [4.78, 5) is 36.4. The van der Waals surface area contributed by atoms with Crippen LogP contribution in [0.1, 0.15) is 5.56 Å². The van der Waals surface area contributed by atoms with Gasteiger partial charge in [-0.1, -0.05) is 6.08 Å². The standard InChI is InChI=1S/C21H16N4O10S2/c26-18-16(20(28)24(22-18)12-4-8-14(9-5-12)36(30,31)32)2-1-3-17-19(27)23-25(21(17)29)13-6-10-15(11-7-13)37(33,34)35/h1-11,28H,(H,22,26)(H,23,27)(H,30,31,32)(H,33,34,35)/b2-1+,17-3-. The Morgan fingerprint density at radius 3 is 1.81 bits per heavy atom. The molecule has 2 aromatic carbocycles. The molecule has 0 saturated carbocycles. The zero-order valence-corrected chi connectivity index (χ0v) is 19.9. The highest BCUT2D eigenvalue weighted by molar-refractivity contribution is 7.86. The second-order valence-electron chi connectivity index (χ2n) is 7.47. The van der Waals surface area contributed by atoms with Crippen LogP contribution in [0.25, 0.3) is 11.8 Å². The number of carbonyl (C=O) groups is 2. The lowest BCUT2D eigenvalue weighted by molar-refractivity contribution is -0.117. The topological polar surface area (TPSA) is 216 Å². The van der Waals surface area contributed by atoms with E-state index in [2.05, 4.69) is 10.5 Å². The Balaban J connectivity index is 1.56. The number of anilines is 1. The lowest BCUT2D eigenvalue weighted by Gasteiger charge is -2.14. The number of hydrazine groups is 1. The van der Waals surface area contributed by atoms with Crippen molar-refractivity contribution >= 4 is 43.8 Å². The first-order valence-corrected chi connectivity index (χ1v) is 12.9. The number of H-pyrrole nitrogens is 1. The Morgan fingerprint density at radius 2 is 1.30 bits per heavy atom. The highest BCUT2D eigenvalue weighted by atomic mass is 32.2. The van der Waals surface area contributed by atoms with Crippen LogP contribution >= 0.6 is 0 Å². The van der Waals surface area contributed by atoms with E-state index in [9.17, 15) is 36.3 Å². The van der Waals surface area contributed by atoms with Gasteiger partial charge in [0.05, 0.1) is 21.2 Å². The maximum absolute atomic E-state index is 12.7. The number of rotatable bonds is 6. The fourth-order valence-corrected chi connectivity index (χ4v) is 4.27. The molecular weight excluding hydrogens is 532 g/mol. The van der Waals surface area contributed by atoms with Crippen LogP contribution in [0.15, 0.2) is 80.8 Å². The van der Waals surface area contributed by atoms with Gasteiger partial charge < -0.3 is 5.11 Å². The molecule has 1 fully saturated rings. The zero-order valence-electron chi connectivity index (χ0n) is 18.3. The number of aromatic amines is 1. The van der Waals surface area contributed by atoms with Crippen molar-refractivity contribution in [1.29, 1.82) is 0 Å². The number of aromatic hydroxyl groups is 1. The SMILES string of the molecule is O=C1NN(c2ccc(S(=O)(=O)O)cc2)C(=O)/C1=C\C=C\c1c(O)n(-c2ccc(S(=O)(=O)O)cc2)[nH]c1=O. The summed E-state index contributed by atoms with van der Waals surface area (Å²) in [5.74, 6) is -2.13. The zero-order chi connectivity index (χ0) is 27.1. The number of nitrogens with zero attached hydrogens (tertiary/aromatic N) is 2. The van der Waals surface area contributed by atoms with Gasteiger partial charge in [-0.25, -0.2) is 9.69 Å². The highest BCUT2D eigenvalue weighted by Gasteiger charge is 2.34. The highest BCUT2D eigenvalue weighted by Crippen LogP contribution is 2.23. The molecule has 37 heavy (non-hydrogen) atoms. The van der Waals surface area contributed by atoms with E-state index in [0.29, 0.717) is 0 Å². The van der Waals surface area contributed by atoms with Crippen LogP contribution in [-0.4, -0.2) is 52.6 Å². The Bertz CT molecular complexity index is 1750. The lowest BCUT2D eigenvalue weighted by Crippen LogP contribution is -2.35. The van der Waals surface area contributed by atoms with Gasteiger partial charge in [-0.2, -0.15) is 16.8 Å². The molecule has 0 aliphatic carbocycles. The molecule has 0 bridgehead atoms. The molecule has 192 valence electrons. The molecule has 1 aliphatic rings. The van der Waals surface area contributed by atoms with Crippen molar-refractivity contribution in [3.05, 3.63) is 82.2 Å². The van der Waals surface area contributed by atoms with E-state index < -0.39 is 48.4 Å². The van der Waals surface area contributed by atoms with Gasteiger partial charge in [0.2, 0.25) is 5.88 Å². The smallest absolute Gasteiger partial charge is 0.294 e. The molecule has 14 nitrogen and oxygen atoms in total. The van der Waals surface area contributed by atoms with Gasteiger partial charge in [0, 0.05) is 0 Å². The van der Waals surface area contributed by atoms with Crippen molar-refractivity contribution in [1.82, 2.24) is 15.2 Å². The van der Waals surface area contributed by atoms with E-state index >= 15 is 0 Å². The monoisotopic (exact) mass is 548 g/mol. The number of carbonyl (C=O) groups excluding carboxylic acids is 2. The fourth-order valence-electron chi connectivity index (χ4n) is 3.31. The first-order chi connectivity index (χ1) is 17.3. The molecule has 1 saturated heterocycles. The van der Waals surface area contributed by atoms with E-state index in [4.69, 9.17) is 9.11 Å². The lowest BCUT2D eigenvalue weighted by atomic mass is 10.2. The van der Waals surface area contributed by atoms with Crippen LogP contribution in [0.5, 0.6) is 5.88 Å². The summed E-state index contributed by atoms with van der Waals surface area (Å²) in [7, 11) is -8.88. The van der Waals surface area contributed by atoms with Gasteiger partial charge in [-0.05, 0) is 60.7 Å². The van der Waals surface area contributed by atoms with Crippen LogP contribution in [0, 0.1) is 0 Å². The van der Waals surface area contributed by atoms with Crippen molar-refractivity contribution in [2.75, 3.05) is 5.01 Å². The maximum Gasteiger partial charge on any atom is 0.294 e. The third-order valence-corrected chi connectivity index (χ3v) is 6.85. The average molecular weight is 549 g/mol. The van der Waals surface area contributed by atoms with E-state index in [1.807, 2.05) is 0 Å². The van der Waals surface area contributed by atoms with Gasteiger partial charge in [-0.15, -0.1) is 0 Å². The van der Waals surface area contributed by atoms with Crippen molar-refractivity contribution in [2.45, 2.75) is 9.79 Å². The fraction of sp³-hybridized carbons (Fsp3) is 0. The largest absolute Gasteiger partial charge is 0.493 e. The summed E-state index contributed by atoms with van der Waals surface area (Å²) in [6.45, 7) is 0. The van der Waals surface area contributed by atoms with Gasteiger partial charge in [-0.3, -0.25) is 34.0 Å². The molecule has 16 heteroatoms. The van der Waals surface area contributed by atoms with Gasteiger partial charge in [0.1, 0.15) is 11.1 Å². The molecule has 4 rings (SSSR count). The van der Waals surface area contributed by atoms with Gasteiger partial charge in [0.25, 0.3) is 37.6 Å². The molecule has 1 aromatic heterocycles. The third-order valence-electron chi connectivity index (χ3n) is 5.11. The third kappa shape index (κ3) is 5.07. The predicted octanol–water partition coefficient (Wildman–Crippen LogP) is 0.382. The molecular formula is C21H16N4O10S2. The number of allylic oxidation sites excluding steroid dienone is 2. The molecule has 2 amide bonds. The molecule has 5 N–H and O–H groups in total. The van der Waals surface area contributed by atoms with Gasteiger partial charge >= 0.3 is 0 Å². The molecule has 1 aliphatic heterocycles. The van der Waals surface area contributed by atoms with Crippen LogP contribution < -0.4 is 16.0 Å². The minimum absolute atomic E-state index is 0.115. The number of hydrogen-bond acceptors (Lipinski definition) is 8. The Hall–Kier alpha value is -4.51. The van der Waals surface area contributed by atoms with Crippen molar-refractivity contribution in [3.8, 4) is 11.6 Å². The van der Waals surface area contributed by atoms with E-state index in [1.165, 1.54) is 30.3 Å². The first-order valence-electron chi connectivity index (χ1n) is 10.0. The van der Waals surface area contributed by atoms with Crippen LogP contribution in [-0.2, 0) is 29.8 Å². The number of nitrogens with one attached hydrogen (secondary N) is 2. The summed E-state index contributed by atoms with van der Waals surface area (Å²) >= 11 is 0. The minimum atomic E-state index is -4.44. The minimum Gasteiger partial charge on any atom is -0.493 e. The summed E-state index contributed by atoms with van der Waals surface area (Å²) in [5, 5.41) is 13.6. The molecule has 0 radical (unpaired) electrons.